The Balaban J connectivity index is 1.25. The van der Waals surface area contributed by atoms with Crippen molar-refractivity contribution in [2.24, 2.45) is 5.92 Å². The molecule has 0 aliphatic carbocycles. The zero-order chi connectivity index (χ0) is 24.0. The Kier molecular flexibility index (Phi) is 7.45. The van der Waals surface area contributed by atoms with Gasteiger partial charge in [-0.1, -0.05) is 53.7 Å². The molecule has 1 aliphatic heterocycles. The number of carbonyl (C=O) groups excluding carboxylic acids is 1. The van der Waals surface area contributed by atoms with Gasteiger partial charge in [-0.3, -0.25) is 14.3 Å². The highest BCUT2D eigenvalue weighted by Gasteiger charge is 2.24. The van der Waals surface area contributed by atoms with Crippen molar-refractivity contribution in [1.82, 2.24) is 24.6 Å². The SMILES string of the molecule is O=C(CSc1nnc(-c2ccncc2)n1-c1ccc(Cl)cc1)N1CCC(Cc2ccccc2)CC1. The summed E-state index contributed by atoms with van der Waals surface area (Å²) in [4.78, 5) is 19.1. The lowest BCUT2D eigenvalue weighted by Gasteiger charge is -2.32. The van der Waals surface area contributed by atoms with Gasteiger partial charge in [-0.05, 0) is 67.1 Å². The van der Waals surface area contributed by atoms with E-state index in [1.54, 1.807) is 12.4 Å². The number of nitrogens with zero attached hydrogens (tertiary/aromatic N) is 5. The number of pyridine rings is 1. The van der Waals surface area contributed by atoms with Crippen LogP contribution in [0.25, 0.3) is 17.1 Å². The smallest absolute Gasteiger partial charge is 0.233 e. The van der Waals surface area contributed by atoms with E-state index in [0.29, 0.717) is 27.7 Å². The predicted octanol–water partition coefficient (Wildman–Crippen LogP) is 5.56. The van der Waals surface area contributed by atoms with Crippen LogP contribution < -0.4 is 0 Å². The summed E-state index contributed by atoms with van der Waals surface area (Å²) in [7, 11) is 0. The molecule has 1 saturated heterocycles. The molecule has 1 aliphatic rings. The van der Waals surface area contributed by atoms with Crippen molar-refractivity contribution in [3.05, 3.63) is 89.7 Å². The van der Waals surface area contributed by atoms with Gasteiger partial charge in [0.05, 0.1) is 5.75 Å². The number of hydrogen-bond acceptors (Lipinski definition) is 5. The van der Waals surface area contributed by atoms with E-state index in [2.05, 4.69) is 45.5 Å². The van der Waals surface area contributed by atoms with Crippen LogP contribution in [0, 0.1) is 5.92 Å². The molecule has 2 aromatic heterocycles. The second kappa shape index (κ2) is 11.1. The lowest BCUT2D eigenvalue weighted by Crippen LogP contribution is -2.39. The molecule has 0 bridgehead atoms. The van der Waals surface area contributed by atoms with E-state index in [-0.39, 0.29) is 5.91 Å². The Morgan fingerprint density at radius 2 is 1.66 bits per heavy atom. The molecule has 3 heterocycles. The third kappa shape index (κ3) is 5.74. The maximum Gasteiger partial charge on any atom is 0.233 e. The lowest BCUT2D eigenvalue weighted by molar-refractivity contribution is -0.129. The highest BCUT2D eigenvalue weighted by molar-refractivity contribution is 7.99. The first-order valence-corrected chi connectivity index (χ1v) is 13.1. The van der Waals surface area contributed by atoms with Gasteiger partial charge in [0.25, 0.3) is 0 Å². The maximum absolute atomic E-state index is 13.0. The molecule has 2 aromatic carbocycles. The van der Waals surface area contributed by atoms with Gasteiger partial charge in [0.1, 0.15) is 0 Å². The molecule has 6 nitrogen and oxygen atoms in total. The van der Waals surface area contributed by atoms with Crippen molar-refractivity contribution in [2.75, 3.05) is 18.8 Å². The summed E-state index contributed by atoms with van der Waals surface area (Å²) >= 11 is 7.53. The van der Waals surface area contributed by atoms with Crippen LogP contribution in [0.3, 0.4) is 0 Å². The van der Waals surface area contributed by atoms with Gasteiger partial charge < -0.3 is 4.90 Å². The minimum Gasteiger partial charge on any atom is -0.342 e. The van der Waals surface area contributed by atoms with Crippen LogP contribution in [-0.2, 0) is 11.2 Å². The van der Waals surface area contributed by atoms with E-state index < -0.39 is 0 Å². The monoisotopic (exact) mass is 503 g/mol. The molecular formula is C27H26ClN5OS. The predicted molar refractivity (Wildman–Crippen MR) is 140 cm³/mol. The molecule has 1 fully saturated rings. The summed E-state index contributed by atoms with van der Waals surface area (Å²) < 4.78 is 1.97. The van der Waals surface area contributed by atoms with Crippen LogP contribution in [0.5, 0.6) is 0 Å². The highest BCUT2D eigenvalue weighted by Crippen LogP contribution is 2.29. The zero-order valence-electron chi connectivity index (χ0n) is 19.3. The minimum absolute atomic E-state index is 0.143. The molecule has 8 heteroatoms. The molecule has 5 rings (SSSR count). The van der Waals surface area contributed by atoms with Gasteiger partial charge in [-0.15, -0.1) is 10.2 Å². The Bertz CT molecular complexity index is 1260. The highest BCUT2D eigenvalue weighted by atomic mass is 35.5. The van der Waals surface area contributed by atoms with E-state index in [1.165, 1.54) is 17.3 Å². The summed E-state index contributed by atoms with van der Waals surface area (Å²) in [6.07, 6.45) is 6.62. The van der Waals surface area contributed by atoms with Gasteiger partial charge >= 0.3 is 0 Å². The van der Waals surface area contributed by atoms with Crippen molar-refractivity contribution >= 4 is 29.3 Å². The number of piperidine rings is 1. The standard InChI is InChI=1S/C27H26ClN5OS/c28-23-6-8-24(9-7-23)33-26(22-10-14-29-15-11-22)30-31-27(33)35-19-25(34)32-16-12-21(13-17-32)18-20-4-2-1-3-5-20/h1-11,14-15,21H,12-13,16-19H2. The summed E-state index contributed by atoms with van der Waals surface area (Å²) in [6.45, 7) is 1.62. The zero-order valence-corrected chi connectivity index (χ0v) is 20.8. The molecule has 0 radical (unpaired) electrons. The molecule has 0 unspecified atom stereocenters. The van der Waals surface area contributed by atoms with Crippen molar-refractivity contribution in [3.63, 3.8) is 0 Å². The number of aromatic nitrogens is 4. The van der Waals surface area contributed by atoms with Gasteiger partial charge in [-0.2, -0.15) is 0 Å². The molecule has 35 heavy (non-hydrogen) atoms. The fourth-order valence-electron chi connectivity index (χ4n) is 4.43. The number of benzene rings is 2. The summed E-state index contributed by atoms with van der Waals surface area (Å²) in [5.41, 5.74) is 3.17. The molecular weight excluding hydrogens is 478 g/mol. The first-order chi connectivity index (χ1) is 17.2. The van der Waals surface area contributed by atoms with E-state index in [1.807, 2.05) is 45.9 Å². The maximum atomic E-state index is 13.0. The average molecular weight is 504 g/mol. The van der Waals surface area contributed by atoms with Crippen LogP contribution >= 0.6 is 23.4 Å². The average Bonchev–Trinajstić information content (AvgIpc) is 3.33. The van der Waals surface area contributed by atoms with Gasteiger partial charge in [0, 0.05) is 41.8 Å². The van der Waals surface area contributed by atoms with Gasteiger partial charge in [0.2, 0.25) is 5.91 Å². The fourth-order valence-corrected chi connectivity index (χ4v) is 5.41. The first-order valence-electron chi connectivity index (χ1n) is 11.7. The molecule has 0 atom stereocenters. The lowest BCUT2D eigenvalue weighted by atomic mass is 9.90. The van der Waals surface area contributed by atoms with E-state index in [9.17, 15) is 4.79 Å². The third-order valence-electron chi connectivity index (χ3n) is 6.32. The number of carbonyl (C=O) groups is 1. The van der Waals surface area contributed by atoms with E-state index in [4.69, 9.17) is 11.6 Å². The summed E-state index contributed by atoms with van der Waals surface area (Å²) in [5.74, 6) is 1.80. The van der Waals surface area contributed by atoms with Crippen molar-refractivity contribution in [2.45, 2.75) is 24.4 Å². The Morgan fingerprint density at radius 1 is 0.943 bits per heavy atom. The molecule has 0 saturated carbocycles. The number of halogens is 1. The molecule has 0 spiro atoms. The number of likely N-dealkylation sites (tertiary alicyclic amines) is 1. The summed E-state index contributed by atoms with van der Waals surface area (Å²) in [6, 6.07) is 21.9. The fraction of sp³-hybridized carbons (Fsp3) is 0.259. The largest absolute Gasteiger partial charge is 0.342 e. The van der Waals surface area contributed by atoms with Crippen LogP contribution in [0.4, 0.5) is 0 Å². The molecule has 0 N–H and O–H groups in total. The number of thioether (sulfide) groups is 1. The van der Waals surface area contributed by atoms with Crippen LogP contribution in [0.15, 0.2) is 84.3 Å². The van der Waals surface area contributed by atoms with Crippen molar-refractivity contribution < 1.29 is 4.79 Å². The van der Waals surface area contributed by atoms with Crippen LogP contribution in [-0.4, -0.2) is 49.4 Å². The van der Waals surface area contributed by atoms with E-state index in [0.717, 1.165) is 43.6 Å². The number of rotatable bonds is 7. The molecule has 4 aromatic rings. The Labute approximate surface area is 214 Å². The quantitative estimate of drug-likeness (QED) is 0.309. The van der Waals surface area contributed by atoms with Crippen molar-refractivity contribution in [1.29, 1.82) is 0 Å². The normalized spacial score (nSPS) is 14.3. The Hall–Kier alpha value is -3.16. The molecule has 1 amide bonds. The summed E-state index contributed by atoms with van der Waals surface area (Å²) in [5, 5.41) is 10.2. The van der Waals surface area contributed by atoms with E-state index >= 15 is 0 Å². The first kappa shape index (κ1) is 23.6. The van der Waals surface area contributed by atoms with Gasteiger partial charge in [0.15, 0.2) is 11.0 Å². The molecule has 178 valence electrons. The van der Waals surface area contributed by atoms with Crippen LogP contribution in [0.1, 0.15) is 18.4 Å². The van der Waals surface area contributed by atoms with Crippen molar-refractivity contribution in [3.8, 4) is 17.1 Å². The van der Waals surface area contributed by atoms with Crippen LogP contribution in [0.2, 0.25) is 5.02 Å². The van der Waals surface area contributed by atoms with Gasteiger partial charge in [-0.25, -0.2) is 0 Å². The third-order valence-corrected chi connectivity index (χ3v) is 7.48. The topological polar surface area (TPSA) is 63.9 Å². The second-order valence-electron chi connectivity index (χ2n) is 8.66. The second-order valence-corrected chi connectivity index (χ2v) is 10.0. The number of hydrogen-bond donors (Lipinski definition) is 0. The minimum atomic E-state index is 0.143. The number of amides is 1. The Morgan fingerprint density at radius 3 is 2.37 bits per heavy atom.